The van der Waals surface area contributed by atoms with Crippen LogP contribution in [0, 0.1) is 6.92 Å². The standard InChI is InChI=1S/C23H25N5O2/c1-15-4-3-5-17(10-15)13-26-8-9-27(16(2)22(26)29)23(30)18-11-20-21(24-12-18)28(14-25-20)19-6-7-19/h3-5,10-12,14,16,19H,6-9,13H2,1-2H3. The molecule has 0 bridgehead atoms. The second-order valence-corrected chi connectivity index (χ2v) is 8.37. The van der Waals surface area contributed by atoms with Gasteiger partial charge in [-0.1, -0.05) is 29.8 Å². The van der Waals surface area contributed by atoms with Crippen LogP contribution >= 0.6 is 0 Å². The van der Waals surface area contributed by atoms with Gasteiger partial charge in [-0.15, -0.1) is 0 Å². The molecule has 7 nitrogen and oxygen atoms in total. The molecule has 3 heterocycles. The first kappa shape index (κ1) is 18.8. The van der Waals surface area contributed by atoms with Gasteiger partial charge in [0.05, 0.1) is 11.9 Å². The molecule has 1 saturated carbocycles. The number of aromatic nitrogens is 3. The Hall–Kier alpha value is -3.22. The molecule has 1 unspecified atom stereocenters. The zero-order valence-electron chi connectivity index (χ0n) is 17.3. The second kappa shape index (κ2) is 7.23. The summed E-state index contributed by atoms with van der Waals surface area (Å²) in [7, 11) is 0. The van der Waals surface area contributed by atoms with Crippen molar-refractivity contribution in [3.05, 3.63) is 59.5 Å². The average molecular weight is 403 g/mol. The lowest BCUT2D eigenvalue weighted by Crippen LogP contribution is -2.57. The van der Waals surface area contributed by atoms with Crippen molar-refractivity contribution >= 4 is 23.0 Å². The summed E-state index contributed by atoms with van der Waals surface area (Å²) in [6.45, 7) is 5.44. The van der Waals surface area contributed by atoms with E-state index in [9.17, 15) is 9.59 Å². The minimum absolute atomic E-state index is 0.0249. The van der Waals surface area contributed by atoms with E-state index in [0.29, 0.717) is 31.2 Å². The fourth-order valence-corrected chi connectivity index (χ4v) is 4.22. The van der Waals surface area contributed by atoms with E-state index in [-0.39, 0.29) is 11.8 Å². The Balaban J connectivity index is 1.32. The molecule has 2 amide bonds. The van der Waals surface area contributed by atoms with Gasteiger partial charge in [0.2, 0.25) is 5.91 Å². The van der Waals surface area contributed by atoms with Crippen molar-refractivity contribution in [3.8, 4) is 0 Å². The molecule has 0 spiro atoms. The number of imidazole rings is 1. The minimum Gasteiger partial charge on any atom is -0.335 e. The van der Waals surface area contributed by atoms with Crippen molar-refractivity contribution in [2.75, 3.05) is 13.1 Å². The first-order chi connectivity index (χ1) is 14.5. The third-order valence-corrected chi connectivity index (χ3v) is 6.06. The molecule has 154 valence electrons. The first-order valence-corrected chi connectivity index (χ1v) is 10.5. The molecule has 1 saturated heterocycles. The summed E-state index contributed by atoms with van der Waals surface area (Å²) in [6, 6.07) is 9.95. The second-order valence-electron chi connectivity index (χ2n) is 8.37. The van der Waals surface area contributed by atoms with E-state index in [1.54, 1.807) is 30.4 Å². The third kappa shape index (κ3) is 3.34. The highest BCUT2D eigenvalue weighted by Crippen LogP contribution is 2.36. The predicted molar refractivity (Wildman–Crippen MR) is 113 cm³/mol. The Morgan fingerprint density at radius 1 is 1.17 bits per heavy atom. The molecule has 1 aliphatic carbocycles. The van der Waals surface area contributed by atoms with E-state index in [0.717, 1.165) is 29.6 Å². The van der Waals surface area contributed by atoms with Crippen LogP contribution in [0.25, 0.3) is 11.2 Å². The number of hydrogen-bond acceptors (Lipinski definition) is 4. The van der Waals surface area contributed by atoms with E-state index in [1.807, 2.05) is 30.0 Å². The van der Waals surface area contributed by atoms with Crippen LogP contribution in [0.1, 0.15) is 47.3 Å². The molecule has 2 fully saturated rings. The fourth-order valence-electron chi connectivity index (χ4n) is 4.22. The Bertz CT molecular complexity index is 1130. The highest BCUT2D eigenvalue weighted by atomic mass is 16.2. The first-order valence-electron chi connectivity index (χ1n) is 10.5. The highest BCUT2D eigenvalue weighted by molar-refractivity contribution is 5.99. The molecule has 1 atom stereocenters. The summed E-state index contributed by atoms with van der Waals surface area (Å²) in [5.74, 6) is -0.190. The van der Waals surface area contributed by atoms with Gasteiger partial charge in [-0.05, 0) is 38.3 Å². The van der Waals surface area contributed by atoms with Gasteiger partial charge in [0.15, 0.2) is 5.65 Å². The fraction of sp³-hybridized carbons (Fsp3) is 0.391. The lowest BCUT2D eigenvalue weighted by atomic mass is 10.1. The maximum absolute atomic E-state index is 13.1. The molecular weight excluding hydrogens is 378 g/mol. The van der Waals surface area contributed by atoms with Crippen molar-refractivity contribution in [1.82, 2.24) is 24.3 Å². The largest absolute Gasteiger partial charge is 0.335 e. The Morgan fingerprint density at radius 3 is 2.77 bits per heavy atom. The molecule has 3 aromatic rings. The summed E-state index contributed by atoms with van der Waals surface area (Å²) >= 11 is 0. The number of carbonyl (C=O) groups excluding carboxylic acids is 2. The number of amides is 2. The Morgan fingerprint density at radius 2 is 2.00 bits per heavy atom. The Kier molecular flexibility index (Phi) is 4.53. The minimum atomic E-state index is -0.504. The topological polar surface area (TPSA) is 71.3 Å². The number of piperazine rings is 1. The van der Waals surface area contributed by atoms with Crippen molar-refractivity contribution < 1.29 is 9.59 Å². The zero-order chi connectivity index (χ0) is 20.8. The molecular formula is C23H25N5O2. The van der Waals surface area contributed by atoms with Gasteiger partial charge < -0.3 is 14.4 Å². The van der Waals surface area contributed by atoms with Gasteiger partial charge in [-0.3, -0.25) is 9.59 Å². The molecule has 2 aromatic heterocycles. The number of pyridine rings is 1. The monoisotopic (exact) mass is 403 g/mol. The molecule has 0 N–H and O–H groups in total. The summed E-state index contributed by atoms with van der Waals surface area (Å²) in [4.78, 5) is 38.5. The van der Waals surface area contributed by atoms with Crippen LogP contribution in [0.4, 0.5) is 0 Å². The average Bonchev–Trinajstić information content (AvgIpc) is 3.50. The maximum atomic E-state index is 13.1. The molecule has 5 rings (SSSR count). The number of carbonyl (C=O) groups is 2. The van der Waals surface area contributed by atoms with Crippen molar-refractivity contribution in [3.63, 3.8) is 0 Å². The van der Waals surface area contributed by atoms with Crippen LogP contribution in [-0.2, 0) is 11.3 Å². The predicted octanol–water partition coefficient (Wildman–Crippen LogP) is 2.95. The van der Waals surface area contributed by atoms with E-state index < -0.39 is 6.04 Å². The lowest BCUT2D eigenvalue weighted by molar-refractivity contribution is -0.140. The van der Waals surface area contributed by atoms with Crippen molar-refractivity contribution in [2.24, 2.45) is 0 Å². The molecule has 30 heavy (non-hydrogen) atoms. The molecule has 1 aromatic carbocycles. The summed E-state index contributed by atoms with van der Waals surface area (Å²) in [5.41, 5.74) is 4.31. The number of benzene rings is 1. The van der Waals surface area contributed by atoms with Crippen LogP contribution in [0.15, 0.2) is 42.9 Å². The number of hydrogen-bond donors (Lipinski definition) is 0. The number of rotatable bonds is 4. The maximum Gasteiger partial charge on any atom is 0.256 e. The third-order valence-electron chi connectivity index (χ3n) is 6.06. The number of nitrogens with zero attached hydrogens (tertiary/aromatic N) is 5. The normalized spacial score (nSPS) is 19.5. The number of aryl methyl sites for hydroxylation is 1. The highest BCUT2D eigenvalue weighted by Gasteiger charge is 2.35. The number of fused-ring (bicyclic) bond motifs is 1. The molecule has 7 heteroatoms. The van der Waals surface area contributed by atoms with E-state index in [4.69, 9.17) is 0 Å². The van der Waals surface area contributed by atoms with Gasteiger partial charge in [-0.25, -0.2) is 9.97 Å². The lowest BCUT2D eigenvalue weighted by Gasteiger charge is -2.39. The van der Waals surface area contributed by atoms with Gasteiger partial charge >= 0.3 is 0 Å². The van der Waals surface area contributed by atoms with Crippen molar-refractivity contribution in [2.45, 2.75) is 45.3 Å². The smallest absolute Gasteiger partial charge is 0.256 e. The quantitative estimate of drug-likeness (QED) is 0.672. The van der Waals surface area contributed by atoms with E-state index in [1.165, 1.54) is 5.56 Å². The van der Waals surface area contributed by atoms with Gasteiger partial charge in [0, 0.05) is 31.9 Å². The van der Waals surface area contributed by atoms with Crippen LogP contribution in [0.5, 0.6) is 0 Å². The molecule has 0 radical (unpaired) electrons. The zero-order valence-corrected chi connectivity index (χ0v) is 17.3. The van der Waals surface area contributed by atoms with Gasteiger partial charge in [-0.2, -0.15) is 0 Å². The van der Waals surface area contributed by atoms with Crippen LogP contribution < -0.4 is 0 Å². The molecule has 2 aliphatic rings. The van der Waals surface area contributed by atoms with Gasteiger partial charge in [0.1, 0.15) is 11.6 Å². The van der Waals surface area contributed by atoms with Crippen molar-refractivity contribution in [1.29, 1.82) is 0 Å². The van der Waals surface area contributed by atoms with Crippen LogP contribution in [0.2, 0.25) is 0 Å². The SMILES string of the molecule is Cc1cccc(CN2CCN(C(=O)c3cnc4c(c3)ncn4C3CC3)C(C)C2=O)c1. The molecule has 1 aliphatic heterocycles. The summed E-state index contributed by atoms with van der Waals surface area (Å²) < 4.78 is 2.08. The summed E-state index contributed by atoms with van der Waals surface area (Å²) in [6.07, 6.45) is 5.72. The summed E-state index contributed by atoms with van der Waals surface area (Å²) in [5, 5.41) is 0. The van der Waals surface area contributed by atoms with E-state index >= 15 is 0 Å². The van der Waals surface area contributed by atoms with Gasteiger partial charge in [0.25, 0.3) is 5.91 Å². The van der Waals surface area contributed by atoms with Crippen LogP contribution in [-0.4, -0.2) is 55.3 Å². The Labute approximate surface area is 175 Å². The van der Waals surface area contributed by atoms with E-state index in [2.05, 4.69) is 20.6 Å². The van der Waals surface area contributed by atoms with Crippen LogP contribution in [0.3, 0.4) is 0 Å².